The predicted molar refractivity (Wildman–Crippen MR) is 105 cm³/mol. The number of carbonyl (C=O) groups is 4. The van der Waals surface area contributed by atoms with Crippen LogP contribution in [0, 0.1) is 16.7 Å². The molecule has 0 aromatic heterocycles. The quantitative estimate of drug-likeness (QED) is 0.376. The second-order valence-electron chi connectivity index (χ2n) is 8.56. The smallest absolute Gasteiger partial charge is 0.303 e. The molecule has 5 atom stereocenters. The first-order valence-corrected chi connectivity index (χ1v) is 10.1. The number of esters is 3. The number of carbonyl (C=O) groups excluding carboxylic acids is 4. The van der Waals surface area contributed by atoms with Gasteiger partial charge in [0.2, 0.25) is 5.24 Å². The van der Waals surface area contributed by atoms with Gasteiger partial charge in [0, 0.05) is 37.2 Å². The van der Waals surface area contributed by atoms with E-state index in [2.05, 4.69) is 0 Å². The normalized spacial score (nSPS) is 34.1. The van der Waals surface area contributed by atoms with Crippen molar-refractivity contribution in [3.8, 4) is 0 Å². The summed E-state index contributed by atoms with van der Waals surface area (Å²) in [6.45, 7) is 9.56. The molecule has 29 heavy (non-hydrogen) atoms. The van der Waals surface area contributed by atoms with E-state index in [0.717, 1.165) is 0 Å². The van der Waals surface area contributed by atoms with E-state index in [9.17, 15) is 19.2 Å². The van der Waals surface area contributed by atoms with Gasteiger partial charge in [-0.15, -0.1) is 0 Å². The Balaban J connectivity index is 2.60. The summed E-state index contributed by atoms with van der Waals surface area (Å²) in [6, 6.07) is 0. The molecule has 0 radical (unpaired) electrons. The Bertz CT molecular complexity index is 758. The fraction of sp³-hybridized carbons (Fsp3) is 0.714. The summed E-state index contributed by atoms with van der Waals surface area (Å²) < 4.78 is 16.4. The lowest BCUT2D eigenvalue weighted by molar-refractivity contribution is -0.186. The number of hydrogen-bond donors (Lipinski definition) is 0. The van der Waals surface area contributed by atoms with Gasteiger partial charge in [-0.3, -0.25) is 19.2 Å². The van der Waals surface area contributed by atoms with Gasteiger partial charge in [-0.2, -0.15) is 0 Å². The number of ether oxygens (including phenoxy) is 3. The number of allylic oxidation sites excluding steroid dienone is 1. The molecule has 8 heteroatoms. The first kappa shape index (κ1) is 23.4. The van der Waals surface area contributed by atoms with Gasteiger partial charge in [0.1, 0.15) is 18.8 Å². The van der Waals surface area contributed by atoms with E-state index < -0.39 is 46.2 Å². The van der Waals surface area contributed by atoms with Gasteiger partial charge in [-0.1, -0.05) is 13.8 Å². The highest BCUT2D eigenvalue weighted by molar-refractivity contribution is 6.67. The molecule has 2 aliphatic rings. The Labute approximate surface area is 176 Å². The van der Waals surface area contributed by atoms with Crippen LogP contribution in [0.5, 0.6) is 0 Å². The third-order valence-electron chi connectivity index (χ3n) is 6.52. The lowest BCUT2D eigenvalue weighted by atomic mass is 9.48. The molecule has 0 heterocycles. The zero-order chi connectivity index (χ0) is 22.1. The maximum atomic E-state index is 12.4. The topological polar surface area (TPSA) is 96.0 Å². The molecule has 0 aromatic carbocycles. The molecule has 1 fully saturated rings. The lowest BCUT2D eigenvalue weighted by Gasteiger charge is -2.58. The van der Waals surface area contributed by atoms with E-state index in [1.165, 1.54) is 20.8 Å². The summed E-state index contributed by atoms with van der Waals surface area (Å²) in [4.78, 5) is 47.4. The van der Waals surface area contributed by atoms with Crippen molar-refractivity contribution >= 4 is 34.8 Å². The van der Waals surface area contributed by atoms with Crippen LogP contribution in [0.25, 0.3) is 0 Å². The van der Waals surface area contributed by atoms with Crippen molar-refractivity contribution < 1.29 is 33.4 Å². The molecule has 7 nitrogen and oxygen atoms in total. The third-order valence-corrected chi connectivity index (χ3v) is 6.71. The third kappa shape index (κ3) is 4.49. The Morgan fingerprint density at radius 2 is 1.62 bits per heavy atom. The van der Waals surface area contributed by atoms with Crippen LogP contribution in [0.1, 0.15) is 60.8 Å². The first-order chi connectivity index (χ1) is 13.3. The first-order valence-electron chi connectivity index (χ1n) is 9.71. The van der Waals surface area contributed by atoms with Crippen molar-refractivity contribution in [3.63, 3.8) is 0 Å². The maximum absolute atomic E-state index is 12.4. The minimum Gasteiger partial charge on any atom is -0.465 e. The van der Waals surface area contributed by atoms with Crippen LogP contribution in [0.2, 0.25) is 0 Å². The van der Waals surface area contributed by atoms with E-state index in [1.807, 2.05) is 13.8 Å². The van der Waals surface area contributed by atoms with Crippen LogP contribution in [-0.2, 0) is 33.4 Å². The van der Waals surface area contributed by atoms with Crippen LogP contribution in [0.3, 0.4) is 0 Å². The highest BCUT2D eigenvalue weighted by Crippen LogP contribution is 2.61. The molecule has 0 aromatic rings. The summed E-state index contributed by atoms with van der Waals surface area (Å²) in [5, 5.41) is -0.590. The summed E-state index contributed by atoms with van der Waals surface area (Å²) >= 11 is 6.00. The van der Waals surface area contributed by atoms with Gasteiger partial charge in [0.05, 0.1) is 0 Å². The highest BCUT2D eigenvalue weighted by Gasteiger charge is 2.60. The molecule has 0 unspecified atom stereocenters. The molecule has 2 rings (SSSR count). The zero-order valence-corrected chi connectivity index (χ0v) is 18.6. The Morgan fingerprint density at radius 1 is 1.03 bits per heavy atom. The maximum Gasteiger partial charge on any atom is 0.303 e. The van der Waals surface area contributed by atoms with Crippen LogP contribution in [0.15, 0.2) is 11.1 Å². The molecule has 1 saturated carbocycles. The van der Waals surface area contributed by atoms with E-state index in [1.54, 1.807) is 6.92 Å². The van der Waals surface area contributed by atoms with Gasteiger partial charge >= 0.3 is 17.9 Å². The molecule has 0 N–H and O–H groups in total. The predicted octanol–water partition coefficient (Wildman–Crippen LogP) is 3.32. The number of fused-ring (bicyclic) bond motifs is 1. The molecule has 0 bridgehead atoms. The Hall–Kier alpha value is -1.89. The summed E-state index contributed by atoms with van der Waals surface area (Å²) in [7, 11) is 0. The van der Waals surface area contributed by atoms with Crippen LogP contribution in [0.4, 0.5) is 0 Å². The van der Waals surface area contributed by atoms with Gasteiger partial charge in [0.15, 0.2) is 0 Å². The monoisotopic (exact) mass is 428 g/mol. The van der Waals surface area contributed by atoms with Crippen molar-refractivity contribution in [1.82, 2.24) is 0 Å². The standard InChI is InChI=1S/C21H29ClO7/c1-11-15(28-13(3)24)9-16-20(5,18(11)19(22)26)8-7-17(29-14(4)25)21(16,6)10-27-12(2)23/h15-17H,7-10H2,1-6H3/t15-,16+,17-,20-,21-/m0/s1. The minimum atomic E-state index is -0.791. The molecule has 0 aliphatic heterocycles. The molecule has 0 spiro atoms. The highest BCUT2D eigenvalue weighted by atomic mass is 35.5. The largest absolute Gasteiger partial charge is 0.465 e. The average Bonchev–Trinajstić information content (AvgIpc) is 2.57. The van der Waals surface area contributed by atoms with Crippen molar-refractivity contribution in [2.45, 2.75) is 73.0 Å². The molecular formula is C21H29ClO7. The summed E-state index contributed by atoms with van der Waals surface area (Å²) in [5.41, 5.74) is -0.358. The van der Waals surface area contributed by atoms with Crippen LogP contribution in [-0.4, -0.2) is 42.0 Å². The lowest BCUT2D eigenvalue weighted by Crippen LogP contribution is -2.59. The van der Waals surface area contributed by atoms with E-state index in [-0.39, 0.29) is 12.5 Å². The molecule has 0 amide bonds. The van der Waals surface area contributed by atoms with Gasteiger partial charge in [-0.05, 0) is 49.3 Å². The zero-order valence-electron chi connectivity index (χ0n) is 17.8. The van der Waals surface area contributed by atoms with Gasteiger partial charge in [-0.25, -0.2) is 0 Å². The van der Waals surface area contributed by atoms with Gasteiger partial charge < -0.3 is 14.2 Å². The molecule has 2 aliphatic carbocycles. The van der Waals surface area contributed by atoms with Crippen LogP contribution < -0.4 is 0 Å². The van der Waals surface area contributed by atoms with Crippen LogP contribution >= 0.6 is 11.6 Å². The van der Waals surface area contributed by atoms with E-state index in [4.69, 9.17) is 25.8 Å². The summed E-state index contributed by atoms with van der Waals surface area (Å²) in [5.74, 6) is -1.63. The molecule has 162 valence electrons. The fourth-order valence-corrected chi connectivity index (χ4v) is 5.64. The number of hydrogen-bond acceptors (Lipinski definition) is 7. The SMILES string of the molecule is CC(=O)OC[C@]1(C)[C@@H](OC(C)=O)CC[C@]2(C)C(C(=O)Cl)=C(C)[C@@H](OC(C)=O)C[C@@H]12. The number of rotatable bonds is 5. The van der Waals surface area contributed by atoms with E-state index >= 15 is 0 Å². The van der Waals surface area contributed by atoms with Crippen molar-refractivity contribution in [3.05, 3.63) is 11.1 Å². The van der Waals surface area contributed by atoms with Crippen molar-refractivity contribution in [1.29, 1.82) is 0 Å². The fourth-order valence-electron chi connectivity index (χ4n) is 5.28. The average molecular weight is 429 g/mol. The second kappa shape index (κ2) is 8.46. The number of halogens is 1. The van der Waals surface area contributed by atoms with Crippen molar-refractivity contribution in [2.24, 2.45) is 16.7 Å². The van der Waals surface area contributed by atoms with Crippen molar-refractivity contribution in [2.75, 3.05) is 6.61 Å². The Kier molecular flexibility index (Phi) is 6.82. The molecule has 0 saturated heterocycles. The Morgan fingerprint density at radius 3 is 2.10 bits per heavy atom. The summed E-state index contributed by atoms with van der Waals surface area (Å²) in [6.07, 6.45) is 0.314. The molecular weight excluding hydrogens is 400 g/mol. The second-order valence-corrected chi connectivity index (χ2v) is 8.90. The van der Waals surface area contributed by atoms with E-state index in [0.29, 0.717) is 30.4 Å². The van der Waals surface area contributed by atoms with Gasteiger partial charge in [0.25, 0.3) is 0 Å². The minimum absolute atomic E-state index is 0.0101.